The summed E-state index contributed by atoms with van der Waals surface area (Å²) in [5, 5.41) is 4.63. The summed E-state index contributed by atoms with van der Waals surface area (Å²) in [4.78, 5) is 22.4. The van der Waals surface area contributed by atoms with Crippen LogP contribution in [0.5, 0.6) is 0 Å². The van der Waals surface area contributed by atoms with Crippen molar-refractivity contribution in [1.82, 2.24) is 29.1 Å². The molecule has 8 nitrogen and oxygen atoms in total. The van der Waals surface area contributed by atoms with E-state index in [1.807, 2.05) is 24.8 Å². The van der Waals surface area contributed by atoms with Gasteiger partial charge in [-0.1, -0.05) is 109 Å². The summed E-state index contributed by atoms with van der Waals surface area (Å²) in [7, 11) is 0. The Bertz CT molecular complexity index is 4030. The standard InChI is InChI=1S/C68H46N8/c1-5-17-53(18-6-1)73(54-19-7-2-8-20-54)57-29-31-67-63(39-57)61-25-13-15-27-65(61)75(67)59-36-50(47-33-48(51-41-69-45-70-42-51)35-49(34-47)52-43-71-46-72-44-52)37-60(38-59)76-66-28-16-14-26-62(66)64-40-58(30-32-68(64)76)74(55-21-9-3-10-22-55)56-23-11-4-12-24-56/h1-46H. The summed E-state index contributed by atoms with van der Waals surface area (Å²) < 4.78 is 4.86. The Hall–Kier alpha value is -10.4. The van der Waals surface area contributed by atoms with Gasteiger partial charge >= 0.3 is 0 Å². The lowest BCUT2D eigenvalue weighted by Gasteiger charge is -2.25. The Morgan fingerprint density at radius 3 is 0.934 bits per heavy atom. The van der Waals surface area contributed by atoms with E-state index in [-0.39, 0.29) is 0 Å². The van der Waals surface area contributed by atoms with Crippen molar-refractivity contribution >= 4 is 77.7 Å². The maximum Gasteiger partial charge on any atom is 0.115 e. The van der Waals surface area contributed by atoms with Crippen LogP contribution in [0.25, 0.3) is 88.4 Å². The molecule has 4 heterocycles. The van der Waals surface area contributed by atoms with Gasteiger partial charge in [-0.2, -0.15) is 0 Å². The largest absolute Gasteiger partial charge is 0.310 e. The molecule has 0 atom stereocenters. The number of anilines is 6. The number of nitrogens with zero attached hydrogens (tertiary/aromatic N) is 8. The minimum absolute atomic E-state index is 0.912. The molecule has 4 aromatic heterocycles. The molecule has 14 aromatic rings. The Morgan fingerprint density at radius 2 is 0.553 bits per heavy atom. The van der Waals surface area contributed by atoms with Crippen molar-refractivity contribution in [2.24, 2.45) is 0 Å². The topological polar surface area (TPSA) is 67.9 Å². The number of benzene rings is 10. The Morgan fingerprint density at radius 1 is 0.237 bits per heavy atom. The van der Waals surface area contributed by atoms with E-state index < -0.39 is 0 Å². The molecule has 14 rings (SSSR count). The highest BCUT2D eigenvalue weighted by Gasteiger charge is 2.22. The Labute approximate surface area is 439 Å². The summed E-state index contributed by atoms with van der Waals surface area (Å²) in [5.41, 5.74) is 18.8. The molecule has 8 heteroatoms. The van der Waals surface area contributed by atoms with E-state index >= 15 is 0 Å². The average molecular weight is 975 g/mol. The molecule has 0 saturated carbocycles. The van der Waals surface area contributed by atoms with E-state index in [1.54, 1.807) is 12.7 Å². The average Bonchev–Trinajstić information content (AvgIpc) is 4.11. The van der Waals surface area contributed by atoms with E-state index in [0.717, 1.165) is 122 Å². The van der Waals surface area contributed by atoms with Crippen LogP contribution in [0.1, 0.15) is 0 Å². The van der Waals surface area contributed by atoms with Gasteiger partial charge < -0.3 is 18.9 Å². The second-order valence-corrected chi connectivity index (χ2v) is 18.9. The van der Waals surface area contributed by atoms with Gasteiger partial charge in [0.15, 0.2) is 0 Å². The quantitative estimate of drug-likeness (QED) is 0.129. The fraction of sp³-hybridized carbons (Fsp3) is 0. The zero-order valence-electron chi connectivity index (χ0n) is 41.1. The summed E-state index contributed by atoms with van der Waals surface area (Å²) in [6.45, 7) is 0. The number of hydrogen-bond donors (Lipinski definition) is 0. The minimum Gasteiger partial charge on any atom is -0.310 e. The van der Waals surface area contributed by atoms with Crippen LogP contribution in [0.15, 0.2) is 280 Å². The number of aromatic nitrogens is 6. The number of para-hydroxylation sites is 6. The molecule has 0 saturated heterocycles. The van der Waals surface area contributed by atoms with Gasteiger partial charge in [-0.15, -0.1) is 0 Å². The van der Waals surface area contributed by atoms with Gasteiger partial charge in [0.05, 0.1) is 22.1 Å². The third-order valence-corrected chi connectivity index (χ3v) is 14.4. The molecule has 0 fully saturated rings. The molecule has 0 bridgehead atoms. The van der Waals surface area contributed by atoms with Crippen molar-refractivity contribution in [2.75, 3.05) is 9.80 Å². The Balaban J connectivity index is 1.03. The van der Waals surface area contributed by atoms with Gasteiger partial charge in [0.1, 0.15) is 12.7 Å². The van der Waals surface area contributed by atoms with E-state index in [4.69, 9.17) is 0 Å². The molecule has 0 unspecified atom stereocenters. The zero-order valence-corrected chi connectivity index (χ0v) is 41.1. The molecule has 76 heavy (non-hydrogen) atoms. The number of fused-ring (bicyclic) bond motifs is 6. The second-order valence-electron chi connectivity index (χ2n) is 18.9. The van der Waals surface area contributed by atoms with Crippen LogP contribution in [0.2, 0.25) is 0 Å². The molecule has 0 radical (unpaired) electrons. The first-order chi connectivity index (χ1) is 37.7. The summed E-state index contributed by atoms with van der Waals surface area (Å²) in [6.07, 6.45) is 10.6. The van der Waals surface area contributed by atoms with Crippen molar-refractivity contribution in [3.8, 4) is 44.8 Å². The Kier molecular flexibility index (Phi) is 11.0. The van der Waals surface area contributed by atoms with Gasteiger partial charge in [0.25, 0.3) is 0 Å². The van der Waals surface area contributed by atoms with Gasteiger partial charge in [0.2, 0.25) is 0 Å². The maximum absolute atomic E-state index is 4.43. The maximum atomic E-state index is 4.43. The predicted octanol–water partition coefficient (Wildman–Crippen LogP) is 17.4. The van der Waals surface area contributed by atoms with Gasteiger partial charge in [0, 0.05) is 103 Å². The highest BCUT2D eigenvalue weighted by atomic mass is 15.1. The van der Waals surface area contributed by atoms with E-state index in [0.29, 0.717) is 0 Å². The third kappa shape index (κ3) is 7.89. The van der Waals surface area contributed by atoms with Crippen LogP contribution in [-0.2, 0) is 0 Å². The van der Waals surface area contributed by atoms with Crippen LogP contribution in [0, 0.1) is 0 Å². The first kappa shape index (κ1) is 44.3. The molecule has 0 amide bonds. The molecule has 0 N–H and O–H groups in total. The van der Waals surface area contributed by atoms with Gasteiger partial charge in [-0.3, -0.25) is 0 Å². The second kappa shape index (κ2) is 18.9. The van der Waals surface area contributed by atoms with Crippen LogP contribution in [-0.4, -0.2) is 29.1 Å². The number of hydrogen-bond acceptors (Lipinski definition) is 6. The van der Waals surface area contributed by atoms with E-state index in [2.05, 4.69) is 282 Å². The molecular formula is C68H46N8. The molecular weight excluding hydrogens is 929 g/mol. The van der Waals surface area contributed by atoms with E-state index in [9.17, 15) is 0 Å². The van der Waals surface area contributed by atoms with E-state index in [1.165, 1.54) is 0 Å². The van der Waals surface area contributed by atoms with Crippen molar-refractivity contribution in [3.05, 3.63) is 280 Å². The normalized spacial score (nSPS) is 11.4. The van der Waals surface area contributed by atoms with Gasteiger partial charge in [-0.05, 0) is 156 Å². The minimum atomic E-state index is 0.912. The lowest BCUT2D eigenvalue weighted by Crippen LogP contribution is -2.09. The highest BCUT2D eigenvalue weighted by Crippen LogP contribution is 2.44. The van der Waals surface area contributed by atoms with Crippen molar-refractivity contribution in [1.29, 1.82) is 0 Å². The molecule has 0 aliphatic carbocycles. The third-order valence-electron chi connectivity index (χ3n) is 14.4. The van der Waals surface area contributed by atoms with Crippen LogP contribution < -0.4 is 9.80 Å². The summed E-state index contributed by atoms with van der Waals surface area (Å²) in [5.74, 6) is 0. The number of rotatable bonds is 11. The molecule has 0 aliphatic rings. The molecule has 10 aromatic carbocycles. The fourth-order valence-corrected chi connectivity index (χ4v) is 11.0. The SMILES string of the molecule is c1ccc(N(c2ccccc2)c2ccc3c(c2)c2ccccc2n3-c2cc(-c3cc(-c4cncnc4)cc(-c4cncnc4)c3)cc(-n3c4ccccc4c4cc(N(c5ccccc5)c5ccccc5)ccc43)c2)cc1. The van der Waals surface area contributed by atoms with Crippen LogP contribution in [0.3, 0.4) is 0 Å². The highest BCUT2D eigenvalue weighted by molar-refractivity contribution is 6.12. The fourth-order valence-electron chi connectivity index (χ4n) is 11.0. The monoisotopic (exact) mass is 974 g/mol. The lowest BCUT2D eigenvalue weighted by molar-refractivity contribution is 1.13. The van der Waals surface area contributed by atoms with Crippen LogP contribution in [0.4, 0.5) is 34.1 Å². The van der Waals surface area contributed by atoms with Crippen molar-refractivity contribution < 1.29 is 0 Å². The van der Waals surface area contributed by atoms with Gasteiger partial charge in [-0.25, -0.2) is 19.9 Å². The van der Waals surface area contributed by atoms with Crippen LogP contribution >= 0.6 is 0 Å². The van der Waals surface area contributed by atoms with Crippen molar-refractivity contribution in [2.45, 2.75) is 0 Å². The first-order valence-corrected chi connectivity index (χ1v) is 25.4. The zero-order chi connectivity index (χ0) is 50.4. The molecule has 0 aliphatic heterocycles. The first-order valence-electron chi connectivity index (χ1n) is 25.4. The predicted molar refractivity (Wildman–Crippen MR) is 312 cm³/mol. The lowest BCUT2D eigenvalue weighted by atomic mass is 9.94. The van der Waals surface area contributed by atoms with Crippen molar-refractivity contribution in [3.63, 3.8) is 0 Å². The summed E-state index contributed by atoms with van der Waals surface area (Å²) >= 11 is 0. The molecule has 358 valence electrons. The summed E-state index contributed by atoms with van der Waals surface area (Å²) in [6, 6.07) is 87.4. The molecule has 0 spiro atoms. The smallest absolute Gasteiger partial charge is 0.115 e.